The molecule has 1 fully saturated rings. The average molecular weight is 480 g/mol. The van der Waals surface area contributed by atoms with Gasteiger partial charge in [-0.25, -0.2) is 0 Å². The quantitative estimate of drug-likeness (QED) is 0.449. The SMILES string of the molecule is N#CC1(C#N)[C@H](c2cccc(Br)c2)[C@H](C(=O)c2ccccc2)N2c3ccccc3C=C[C@H]21. The molecule has 5 heteroatoms. The van der Waals surface area contributed by atoms with Crippen molar-refractivity contribution in [2.45, 2.75) is 18.0 Å². The van der Waals surface area contributed by atoms with Crippen molar-refractivity contribution in [3.05, 3.63) is 106 Å². The van der Waals surface area contributed by atoms with E-state index in [0.29, 0.717) is 5.56 Å². The summed E-state index contributed by atoms with van der Waals surface area (Å²) in [5.74, 6) is -0.735. The lowest BCUT2D eigenvalue weighted by Crippen LogP contribution is -2.44. The van der Waals surface area contributed by atoms with Gasteiger partial charge >= 0.3 is 0 Å². The Balaban J connectivity index is 1.80. The normalized spacial score (nSPS) is 22.3. The van der Waals surface area contributed by atoms with Gasteiger partial charge in [0.2, 0.25) is 0 Å². The van der Waals surface area contributed by atoms with E-state index in [2.05, 4.69) is 28.1 Å². The molecule has 0 aliphatic carbocycles. The first-order valence-corrected chi connectivity index (χ1v) is 11.1. The van der Waals surface area contributed by atoms with Gasteiger partial charge in [-0.3, -0.25) is 4.79 Å². The zero-order valence-electron chi connectivity index (χ0n) is 17.0. The number of carbonyl (C=O) groups excluding carboxylic acids is 1. The van der Waals surface area contributed by atoms with Crippen LogP contribution in [0, 0.1) is 28.1 Å². The first-order valence-electron chi connectivity index (χ1n) is 10.3. The molecule has 2 aliphatic heterocycles. The van der Waals surface area contributed by atoms with Crippen LogP contribution in [-0.2, 0) is 0 Å². The molecule has 1 saturated heterocycles. The number of Topliss-reactive ketones (excluding diaryl/α,β-unsaturated/α-hetero) is 1. The predicted octanol–water partition coefficient (Wildman–Crippen LogP) is 5.73. The molecule has 0 aromatic heterocycles. The molecule has 3 atom stereocenters. The van der Waals surface area contributed by atoms with Gasteiger partial charge in [0.25, 0.3) is 0 Å². The fraction of sp³-hybridized carbons (Fsp3) is 0.148. The van der Waals surface area contributed by atoms with Gasteiger partial charge < -0.3 is 4.90 Å². The highest BCUT2D eigenvalue weighted by Crippen LogP contribution is 2.55. The Morgan fingerprint density at radius 2 is 1.66 bits per heavy atom. The van der Waals surface area contributed by atoms with E-state index in [4.69, 9.17) is 0 Å². The molecule has 32 heavy (non-hydrogen) atoms. The fourth-order valence-corrected chi connectivity index (χ4v) is 5.50. The summed E-state index contributed by atoms with van der Waals surface area (Å²) in [6.07, 6.45) is 3.85. The average Bonchev–Trinajstić information content (AvgIpc) is 3.15. The first-order chi connectivity index (χ1) is 15.6. The second-order valence-electron chi connectivity index (χ2n) is 8.07. The second-order valence-corrected chi connectivity index (χ2v) is 8.99. The van der Waals surface area contributed by atoms with Crippen LogP contribution >= 0.6 is 15.9 Å². The smallest absolute Gasteiger partial charge is 0.185 e. The van der Waals surface area contributed by atoms with E-state index < -0.39 is 23.4 Å². The molecule has 0 saturated carbocycles. The molecule has 0 bridgehead atoms. The number of fused-ring (bicyclic) bond motifs is 3. The van der Waals surface area contributed by atoms with E-state index in [1.54, 1.807) is 12.1 Å². The zero-order valence-corrected chi connectivity index (χ0v) is 18.6. The summed E-state index contributed by atoms with van der Waals surface area (Å²) in [6, 6.07) is 27.9. The number of nitrogens with zero attached hydrogens (tertiary/aromatic N) is 3. The molecule has 4 nitrogen and oxygen atoms in total. The van der Waals surface area contributed by atoms with Gasteiger partial charge in [-0.05, 0) is 29.3 Å². The minimum atomic E-state index is -1.43. The highest BCUT2D eigenvalue weighted by Gasteiger charge is 2.63. The third kappa shape index (κ3) is 2.90. The van der Waals surface area contributed by atoms with E-state index in [9.17, 15) is 15.3 Å². The van der Waals surface area contributed by atoms with Crippen LogP contribution in [0.3, 0.4) is 0 Å². The van der Waals surface area contributed by atoms with E-state index in [1.807, 2.05) is 83.8 Å². The number of halogens is 1. The highest BCUT2D eigenvalue weighted by molar-refractivity contribution is 9.10. The number of hydrogen-bond acceptors (Lipinski definition) is 4. The van der Waals surface area contributed by atoms with Crippen LogP contribution in [0.25, 0.3) is 6.08 Å². The van der Waals surface area contributed by atoms with E-state index in [1.165, 1.54) is 0 Å². The lowest BCUT2D eigenvalue weighted by molar-refractivity contribution is 0.0951. The minimum Gasteiger partial charge on any atom is -0.351 e. The Hall–Kier alpha value is -3.67. The highest BCUT2D eigenvalue weighted by atomic mass is 79.9. The number of nitriles is 2. The lowest BCUT2D eigenvalue weighted by Gasteiger charge is -2.35. The van der Waals surface area contributed by atoms with Gasteiger partial charge in [0, 0.05) is 21.6 Å². The summed E-state index contributed by atoms with van der Waals surface area (Å²) < 4.78 is 0.839. The van der Waals surface area contributed by atoms with Crippen LogP contribution in [0.4, 0.5) is 5.69 Å². The second kappa shape index (κ2) is 7.79. The van der Waals surface area contributed by atoms with Crippen molar-refractivity contribution in [1.29, 1.82) is 10.5 Å². The molecule has 0 unspecified atom stereocenters. The van der Waals surface area contributed by atoms with Gasteiger partial charge in [-0.1, -0.05) is 88.7 Å². The van der Waals surface area contributed by atoms with Crippen molar-refractivity contribution < 1.29 is 4.79 Å². The summed E-state index contributed by atoms with van der Waals surface area (Å²) >= 11 is 3.52. The molecule has 2 heterocycles. The molecule has 154 valence electrons. The number of rotatable bonds is 3. The number of hydrogen-bond donors (Lipinski definition) is 0. The van der Waals surface area contributed by atoms with E-state index in [0.717, 1.165) is 21.3 Å². The van der Waals surface area contributed by atoms with E-state index >= 15 is 0 Å². The number of benzene rings is 3. The Labute approximate surface area is 195 Å². The van der Waals surface area contributed by atoms with Gasteiger partial charge in [-0.15, -0.1) is 0 Å². The first kappa shape index (κ1) is 20.2. The maximum absolute atomic E-state index is 14.0. The van der Waals surface area contributed by atoms with Crippen LogP contribution < -0.4 is 4.90 Å². The minimum absolute atomic E-state index is 0.0990. The Kier molecular flexibility index (Phi) is 4.93. The third-order valence-corrected chi connectivity index (χ3v) is 6.94. The van der Waals surface area contributed by atoms with Gasteiger partial charge in [-0.2, -0.15) is 10.5 Å². The number of para-hydroxylation sites is 1. The maximum atomic E-state index is 14.0. The number of carbonyl (C=O) groups is 1. The Morgan fingerprint density at radius 1 is 0.938 bits per heavy atom. The van der Waals surface area contributed by atoms with Crippen LogP contribution in [0.1, 0.15) is 27.4 Å². The topological polar surface area (TPSA) is 67.9 Å². The third-order valence-electron chi connectivity index (χ3n) is 6.45. The Morgan fingerprint density at radius 3 is 2.38 bits per heavy atom. The summed E-state index contributed by atoms with van der Waals surface area (Å²) in [5.41, 5.74) is 1.75. The monoisotopic (exact) mass is 479 g/mol. The van der Waals surface area contributed by atoms with Crippen LogP contribution in [0.15, 0.2) is 89.4 Å². The number of anilines is 1. The molecule has 3 aromatic carbocycles. The molecule has 5 rings (SSSR count). The zero-order chi connectivity index (χ0) is 22.3. The molecule has 0 spiro atoms. The lowest BCUT2D eigenvalue weighted by atomic mass is 9.69. The molecule has 0 amide bonds. The van der Waals surface area contributed by atoms with Crippen molar-refractivity contribution in [3.63, 3.8) is 0 Å². The molecule has 2 aliphatic rings. The molecule has 0 N–H and O–H groups in total. The predicted molar refractivity (Wildman–Crippen MR) is 127 cm³/mol. The van der Waals surface area contributed by atoms with Gasteiger partial charge in [0.05, 0.1) is 18.2 Å². The van der Waals surface area contributed by atoms with Crippen LogP contribution in [-0.4, -0.2) is 17.9 Å². The van der Waals surface area contributed by atoms with Gasteiger partial charge in [0.15, 0.2) is 11.2 Å². The van der Waals surface area contributed by atoms with Gasteiger partial charge in [0.1, 0.15) is 6.04 Å². The van der Waals surface area contributed by atoms with Crippen molar-refractivity contribution in [2.24, 2.45) is 5.41 Å². The molecule has 0 radical (unpaired) electrons. The van der Waals surface area contributed by atoms with E-state index in [-0.39, 0.29) is 5.78 Å². The van der Waals surface area contributed by atoms with Crippen molar-refractivity contribution in [2.75, 3.05) is 4.90 Å². The summed E-state index contributed by atoms with van der Waals surface area (Å²) in [6.45, 7) is 0. The fourth-order valence-electron chi connectivity index (χ4n) is 5.08. The Bertz CT molecular complexity index is 1300. The van der Waals surface area contributed by atoms with Crippen molar-refractivity contribution >= 4 is 33.5 Å². The summed E-state index contributed by atoms with van der Waals surface area (Å²) in [7, 11) is 0. The number of ketones is 1. The van der Waals surface area contributed by atoms with Crippen molar-refractivity contribution in [1.82, 2.24) is 0 Å². The standard InChI is InChI=1S/C27H18BrN3O/c28-21-11-6-10-20(15-21)24-25(26(32)19-8-2-1-3-9-19)31-22-12-5-4-7-18(22)13-14-23(31)27(24,16-29)17-30/h1-15,23-25H/t23-,24+,25+/m0/s1. The van der Waals surface area contributed by atoms with Crippen LogP contribution in [0.5, 0.6) is 0 Å². The maximum Gasteiger partial charge on any atom is 0.185 e. The van der Waals surface area contributed by atoms with Crippen molar-refractivity contribution in [3.8, 4) is 12.1 Å². The summed E-state index contributed by atoms with van der Waals surface area (Å²) in [5, 5.41) is 20.8. The largest absolute Gasteiger partial charge is 0.351 e. The molecule has 3 aromatic rings. The molecular weight excluding hydrogens is 462 g/mol. The molecular formula is C27H18BrN3O. The summed E-state index contributed by atoms with van der Waals surface area (Å²) in [4.78, 5) is 16.0. The van der Waals surface area contributed by atoms with Crippen LogP contribution in [0.2, 0.25) is 0 Å².